The lowest BCUT2D eigenvalue weighted by Crippen LogP contribution is -2.06. The molecule has 0 aliphatic heterocycles. The van der Waals surface area contributed by atoms with Crippen LogP contribution in [0.15, 0.2) is 42.7 Å². The molecule has 0 radical (unpaired) electrons. The molecule has 0 unspecified atom stereocenters. The number of benzene rings is 1. The number of H-pyrrole nitrogens is 1. The highest BCUT2D eigenvalue weighted by Gasteiger charge is 2.34. The number of halogens is 4. The molecule has 1 N–H and O–H groups in total. The van der Waals surface area contributed by atoms with Gasteiger partial charge in [-0.25, -0.2) is 9.37 Å². The molecule has 0 saturated heterocycles. The Kier molecular flexibility index (Phi) is 2.74. The second-order valence-corrected chi connectivity index (χ2v) is 4.26. The van der Waals surface area contributed by atoms with Crippen LogP contribution in [0.5, 0.6) is 0 Å². The number of rotatable bonds is 1. The number of hydrogen-bond acceptors (Lipinski definition) is 1. The molecule has 3 rings (SSSR count). The number of nitrogens with one attached hydrogen (secondary N) is 1. The summed E-state index contributed by atoms with van der Waals surface area (Å²) in [7, 11) is 0. The summed E-state index contributed by atoms with van der Waals surface area (Å²) in [5.41, 5.74) is -0.502. The van der Waals surface area contributed by atoms with Crippen molar-refractivity contribution < 1.29 is 17.6 Å². The molecule has 102 valence electrons. The Morgan fingerprint density at radius 1 is 1.00 bits per heavy atom. The van der Waals surface area contributed by atoms with E-state index in [9.17, 15) is 17.6 Å². The fourth-order valence-electron chi connectivity index (χ4n) is 2.19. The van der Waals surface area contributed by atoms with Gasteiger partial charge in [0.05, 0.1) is 10.9 Å². The van der Waals surface area contributed by atoms with Gasteiger partial charge in [0.25, 0.3) is 0 Å². The molecule has 2 nitrogen and oxygen atoms in total. The van der Waals surface area contributed by atoms with Crippen molar-refractivity contribution in [3.63, 3.8) is 0 Å². The van der Waals surface area contributed by atoms with E-state index in [1.165, 1.54) is 30.6 Å². The van der Waals surface area contributed by atoms with Gasteiger partial charge in [0.15, 0.2) is 0 Å². The molecular formula is C14H8F4N2. The highest BCUT2D eigenvalue weighted by molar-refractivity contribution is 5.94. The van der Waals surface area contributed by atoms with Gasteiger partial charge in [-0.3, -0.25) is 0 Å². The van der Waals surface area contributed by atoms with Crippen molar-refractivity contribution in [2.24, 2.45) is 0 Å². The van der Waals surface area contributed by atoms with Gasteiger partial charge in [-0.1, -0.05) is 18.2 Å². The van der Waals surface area contributed by atoms with Crippen molar-refractivity contribution in [2.45, 2.75) is 6.18 Å². The van der Waals surface area contributed by atoms with Crippen molar-refractivity contribution in [3.8, 4) is 11.1 Å². The summed E-state index contributed by atoms with van der Waals surface area (Å²) >= 11 is 0. The smallest absolute Gasteiger partial charge is 0.345 e. The van der Waals surface area contributed by atoms with E-state index >= 15 is 0 Å². The van der Waals surface area contributed by atoms with Crippen LogP contribution >= 0.6 is 0 Å². The summed E-state index contributed by atoms with van der Waals surface area (Å²) in [5.74, 6) is -0.608. The lowest BCUT2D eigenvalue weighted by atomic mass is 9.99. The molecule has 0 fully saturated rings. The van der Waals surface area contributed by atoms with E-state index in [-0.39, 0.29) is 22.2 Å². The summed E-state index contributed by atoms with van der Waals surface area (Å²) in [6, 6.07) is 6.20. The molecule has 6 heteroatoms. The van der Waals surface area contributed by atoms with E-state index in [4.69, 9.17) is 0 Å². The minimum absolute atomic E-state index is 0.0594. The zero-order valence-electron chi connectivity index (χ0n) is 10.0. The Balaban J connectivity index is 2.33. The Labute approximate surface area is 111 Å². The Morgan fingerprint density at radius 2 is 1.75 bits per heavy atom. The van der Waals surface area contributed by atoms with Gasteiger partial charge in [-0.05, 0) is 17.7 Å². The molecule has 0 atom stereocenters. The molecule has 0 saturated carbocycles. The zero-order valence-corrected chi connectivity index (χ0v) is 10.0. The summed E-state index contributed by atoms with van der Waals surface area (Å²) in [6.07, 6.45) is -1.90. The first kappa shape index (κ1) is 12.7. The number of aromatic amines is 1. The maximum Gasteiger partial charge on any atom is 0.417 e. The summed E-state index contributed by atoms with van der Waals surface area (Å²) in [4.78, 5) is 6.59. The predicted molar refractivity (Wildman–Crippen MR) is 66.5 cm³/mol. The van der Waals surface area contributed by atoms with Gasteiger partial charge in [-0.15, -0.1) is 0 Å². The number of nitrogens with zero attached hydrogens (tertiary/aromatic N) is 1. The number of alkyl halides is 3. The van der Waals surface area contributed by atoms with E-state index in [0.717, 1.165) is 12.1 Å². The highest BCUT2D eigenvalue weighted by Crippen LogP contribution is 2.39. The van der Waals surface area contributed by atoms with Crippen LogP contribution in [0.4, 0.5) is 17.6 Å². The Bertz CT molecular complexity index is 774. The van der Waals surface area contributed by atoms with Crippen LogP contribution in [0, 0.1) is 5.82 Å². The zero-order chi connectivity index (χ0) is 14.3. The van der Waals surface area contributed by atoms with Gasteiger partial charge in [0.1, 0.15) is 11.5 Å². The normalized spacial score (nSPS) is 12.0. The van der Waals surface area contributed by atoms with E-state index in [0.29, 0.717) is 0 Å². The summed E-state index contributed by atoms with van der Waals surface area (Å²) in [6.45, 7) is 0. The number of aromatic nitrogens is 2. The van der Waals surface area contributed by atoms with Crippen molar-refractivity contribution in [1.82, 2.24) is 9.97 Å². The third-order valence-electron chi connectivity index (χ3n) is 3.05. The predicted octanol–water partition coefficient (Wildman–Crippen LogP) is 4.39. The molecule has 0 aliphatic rings. The Morgan fingerprint density at radius 3 is 2.50 bits per heavy atom. The van der Waals surface area contributed by atoms with E-state index in [2.05, 4.69) is 9.97 Å². The van der Waals surface area contributed by atoms with Crippen LogP contribution in [0.25, 0.3) is 22.2 Å². The lowest BCUT2D eigenvalue weighted by Gasteiger charge is -2.12. The number of hydrogen-bond donors (Lipinski definition) is 1. The van der Waals surface area contributed by atoms with Crippen LogP contribution in [-0.2, 0) is 6.18 Å². The van der Waals surface area contributed by atoms with E-state index < -0.39 is 17.6 Å². The number of fused-ring (bicyclic) bond motifs is 1. The van der Waals surface area contributed by atoms with Crippen LogP contribution in [0.3, 0.4) is 0 Å². The molecule has 1 aromatic carbocycles. The molecule has 2 heterocycles. The van der Waals surface area contributed by atoms with Crippen LogP contribution in [-0.4, -0.2) is 9.97 Å². The summed E-state index contributed by atoms with van der Waals surface area (Å²) in [5, 5.41) is 0.0594. The van der Waals surface area contributed by atoms with Gasteiger partial charge in [-0.2, -0.15) is 13.2 Å². The van der Waals surface area contributed by atoms with Crippen molar-refractivity contribution >= 4 is 11.0 Å². The third-order valence-corrected chi connectivity index (χ3v) is 3.05. The second-order valence-electron chi connectivity index (χ2n) is 4.26. The molecule has 2 aromatic heterocycles. The van der Waals surface area contributed by atoms with E-state index in [1.807, 2.05) is 0 Å². The minimum Gasteiger partial charge on any atom is -0.345 e. The van der Waals surface area contributed by atoms with Gasteiger partial charge >= 0.3 is 6.18 Å². The standard InChI is InChI=1S/C14H8F4N2/c15-11-5-6-19-13-12(11)9(7-20-13)8-3-1-2-4-10(8)14(16,17)18/h1-7H,(H,19,20). The maximum absolute atomic E-state index is 13.9. The van der Waals surface area contributed by atoms with Crippen molar-refractivity contribution in [2.75, 3.05) is 0 Å². The average molecular weight is 280 g/mol. The van der Waals surface area contributed by atoms with Crippen LogP contribution < -0.4 is 0 Å². The quantitative estimate of drug-likeness (QED) is 0.658. The first-order valence-corrected chi connectivity index (χ1v) is 5.76. The molecule has 20 heavy (non-hydrogen) atoms. The Hall–Kier alpha value is -2.37. The topological polar surface area (TPSA) is 28.7 Å². The van der Waals surface area contributed by atoms with Gasteiger partial charge in [0, 0.05) is 18.0 Å². The fourth-order valence-corrected chi connectivity index (χ4v) is 2.19. The van der Waals surface area contributed by atoms with Crippen molar-refractivity contribution in [1.29, 1.82) is 0 Å². The molecular weight excluding hydrogens is 272 g/mol. The van der Waals surface area contributed by atoms with E-state index in [1.54, 1.807) is 0 Å². The van der Waals surface area contributed by atoms with Gasteiger partial charge < -0.3 is 4.98 Å². The van der Waals surface area contributed by atoms with Crippen molar-refractivity contribution in [3.05, 3.63) is 54.1 Å². The SMILES string of the molecule is Fc1ccnc2[nH]cc(-c3ccccc3C(F)(F)F)c12. The maximum atomic E-state index is 13.9. The van der Waals surface area contributed by atoms with Crippen LogP contribution in [0.2, 0.25) is 0 Å². The fraction of sp³-hybridized carbons (Fsp3) is 0.0714. The van der Waals surface area contributed by atoms with Gasteiger partial charge in [0.2, 0.25) is 0 Å². The third kappa shape index (κ3) is 1.93. The highest BCUT2D eigenvalue weighted by atomic mass is 19.4. The summed E-state index contributed by atoms with van der Waals surface area (Å²) < 4.78 is 52.9. The lowest BCUT2D eigenvalue weighted by molar-refractivity contribution is -0.137. The molecule has 0 spiro atoms. The average Bonchev–Trinajstić information content (AvgIpc) is 2.83. The first-order valence-electron chi connectivity index (χ1n) is 5.76. The molecule has 0 aliphatic carbocycles. The molecule has 0 amide bonds. The monoisotopic (exact) mass is 280 g/mol. The number of pyridine rings is 1. The molecule has 0 bridgehead atoms. The second kappa shape index (κ2) is 4.33. The van der Waals surface area contributed by atoms with Crippen LogP contribution in [0.1, 0.15) is 5.56 Å². The molecule has 3 aromatic rings. The first-order chi connectivity index (χ1) is 9.48. The minimum atomic E-state index is -4.50. The largest absolute Gasteiger partial charge is 0.417 e.